The van der Waals surface area contributed by atoms with Gasteiger partial charge < -0.3 is 4.90 Å². The van der Waals surface area contributed by atoms with Crippen molar-refractivity contribution in [1.29, 1.82) is 0 Å². The largest absolute Gasteiger partial charge is 0.416 e. The van der Waals surface area contributed by atoms with Crippen LogP contribution in [0.15, 0.2) is 59.5 Å². The first-order valence-electron chi connectivity index (χ1n) is 7.76. The van der Waals surface area contributed by atoms with Crippen LogP contribution in [0, 0.1) is 0 Å². The molecule has 134 valence electrons. The fourth-order valence-corrected chi connectivity index (χ4v) is 4.25. The summed E-state index contributed by atoms with van der Waals surface area (Å²) in [6.45, 7) is 1.14. The van der Waals surface area contributed by atoms with Gasteiger partial charge in [0.05, 0.1) is 10.5 Å². The van der Waals surface area contributed by atoms with Gasteiger partial charge in [0.1, 0.15) is 0 Å². The molecule has 0 atom stereocenters. The molecule has 0 spiro atoms. The van der Waals surface area contributed by atoms with E-state index >= 15 is 0 Å². The van der Waals surface area contributed by atoms with Crippen LogP contribution in [0.4, 0.5) is 18.9 Å². The lowest BCUT2D eigenvalue weighted by molar-refractivity contribution is -0.137. The normalized spacial score (nSPS) is 16.8. The highest BCUT2D eigenvalue weighted by Crippen LogP contribution is 2.32. The van der Waals surface area contributed by atoms with Gasteiger partial charge in [-0.15, -0.1) is 0 Å². The second-order valence-corrected chi connectivity index (χ2v) is 7.69. The predicted molar refractivity (Wildman–Crippen MR) is 88.9 cm³/mol. The number of benzene rings is 2. The molecular formula is C17H17F3N2O2S. The van der Waals surface area contributed by atoms with Gasteiger partial charge >= 0.3 is 6.18 Å². The zero-order chi connectivity index (χ0) is 18.1. The van der Waals surface area contributed by atoms with Crippen LogP contribution in [0.25, 0.3) is 0 Å². The third-order valence-electron chi connectivity index (χ3n) is 4.16. The summed E-state index contributed by atoms with van der Waals surface area (Å²) in [4.78, 5) is 1.99. The number of nitrogens with zero attached hydrogens (tertiary/aromatic N) is 2. The molecule has 1 fully saturated rings. The van der Waals surface area contributed by atoms with Crippen molar-refractivity contribution in [3.05, 3.63) is 60.2 Å². The van der Waals surface area contributed by atoms with Gasteiger partial charge in [0, 0.05) is 31.9 Å². The van der Waals surface area contributed by atoms with E-state index in [2.05, 4.69) is 0 Å². The first-order chi connectivity index (χ1) is 11.8. The van der Waals surface area contributed by atoms with E-state index in [0.29, 0.717) is 18.8 Å². The molecule has 0 aliphatic carbocycles. The molecule has 25 heavy (non-hydrogen) atoms. The smallest absolute Gasteiger partial charge is 0.369 e. The summed E-state index contributed by atoms with van der Waals surface area (Å²) in [6, 6.07) is 13.2. The van der Waals surface area contributed by atoms with Gasteiger partial charge in [-0.05, 0) is 30.3 Å². The monoisotopic (exact) mass is 370 g/mol. The van der Waals surface area contributed by atoms with E-state index in [0.717, 1.165) is 12.1 Å². The fraction of sp³-hybridized carbons (Fsp3) is 0.294. The van der Waals surface area contributed by atoms with Crippen LogP contribution in [0.5, 0.6) is 0 Å². The summed E-state index contributed by atoms with van der Waals surface area (Å²) >= 11 is 0. The van der Waals surface area contributed by atoms with Gasteiger partial charge in [-0.25, -0.2) is 8.42 Å². The van der Waals surface area contributed by atoms with E-state index in [1.165, 1.54) is 22.5 Å². The molecule has 2 aromatic rings. The third kappa shape index (κ3) is 3.80. The maximum Gasteiger partial charge on any atom is 0.416 e. The number of alkyl halides is 3. The summed E-state index contributed by atoms with van der Waals surface area (Å²) in [6.07, 6.45) is -4.39. The standard InChI is InChI=1S/C17H17F3N2O2S/c18-17(19,20)14-5-4-6-15(13-14)21-9-11-22(12-10-21)25(23,24)16-7-2-1-3-8-16/h1-8,13H,9-12H2. The van der Waals surface area contributed by atoms with E-state index in [1.54, 1.807) is 29.2 Å². The minimum Gasteiger partial charge on any atom is -0.369 e. The van der Waals surface area contributed by atoms with Gasteiger partial charge in [-0.1, -0.05) is 24.3 Å². The van der Waals surface area contributed by atoms with Gasteiger partial charge in [0.25, 0.3) is 0 Å². The summed E-state index contributed by atoms with van der Waals surface area (Å²) in [5.41, 5.74) is -0.254. The molecule has 1 aliphatic heterocycles. The Morgan fingerprint density at radius 3 is 2.08 bits per heavy atom. The van der Waals surface area contributed by atoms with E-state index in [1.807, 2.05) is 0 Å². The molecule has 0 unspecified atom stereocenters. The van der Waals surface area contributed by atoms with Gasteiger partial charge in [-0.2, -0.15) is 17.5 Å². The molecule has 0 radical (unpaired) electrons. The van der Waals surface area contributed by atoms with Crippen molar-refractivity contribution in [1.82, 2.24) is 4.31 Å². The molecule has 0 amide bonds. The van der Waals surface area contributed by atoms with Crippen molar-refractivity contribution < 1.29 is 21.6 Å². The van der Waals surface area contributed by atoms with Gasteiger partial charge in [-0.3, -0.25) is 0 Å². The highest BCUT2D eigenvalue weighted by atomic mass is 32.2. The Hall–Kier alpha value is -2.06. The molecule has 8 heteroatoms. The number of rotatable bonds is 3. The number of piperazine rings is 1. The van der Waals surface area contributed by atoms with Crippen molar-refractivity contribution >= 4 is 15.7 Å². The lowest BCUT2D eigenvalue weighted by Gasteiger charge is -2.35. The molecular weight excluding hydrogens is 353 g/mol. The molecule has 1 heterocycles. The Morgan fingerprint density at radius 1 is 0.840 bits per heavy atom. The van der Waals surface area contributed by atoms with E-state index in [9.17, 15) is 21.6 Å². The first-order valence-corrected chi connectivity index (χ1v) is 9.20. The first kappa shape index (κ1) is 17.8. The van der Waals surface area contributed by atoms with Crippen molar-refractivity contribution in [3.63, 3.8) is 0 Å². The number of hydrogen-bond donors (Lipinski definition) is 0. The topological polar surface area (TPSA) is 40.6 Å². The summed E-state index contributed by atoms with van der Waals surface area (Å²) < 4.78 is 65.0. The number of sulfonamides is 1. The van der Waals surface area contributed by atoms with Gasteiger partial charge in [0.15, 0.2) is 0 Å². The molecule has 2 aromatic carbocycles. The molecule has 3 rings (SSSR count). The summed E-state index contributed by atoms with van der Waals surface area (Å²) in [7, 11) is -3.57. The number of anilines is 1. The minimum absolute atomic E-state index is 0.225. The minimum atomic E-state index is -4.39. The zero-order valence-electron chi connectivity index (χ0n) is 13.3. The Labute approximate surface area is 144 Å². The van der Waals surface area contributed by atoms with Crippen LogP contribution in [-0.2, 0) is 16.2 Å². The van der Waals surface area contributed by atoms with Gasteiger partial charge in [0.2, 0.25) is 10.0 Å². The molecule has 4 nitrogen and oxygen atoms in total. The average Bonchev–Trinajstić information content (AvgIpc) is 2.62. The molecule has 0 N–H and O–H groups in total. The van der Waals surface area contributed by atoms with E-state index in [4.69, 9.17) is 0 Å². The molecule has 0 aromatic heterocycles. The summed E-state index contributed by atoms with van der Waals surface area (Å²) in [5, 5.41) is 0. The highest BCUT2D eigenvalue weighted by molar-refractivity contribution is 7.89. The molecule has 0 saturated carbocycles. The second kappa shape index (κ2) is 6.68. The highest BCUT2D eigenvalue weighted by Gasteiger charge is 2.32. The van der Waals surface area contributed by atoms with Crippen LogP contribution in [0.3, 0.4) is 0 Å². The molecule has 1 aliphatic rings. The van der Waals surface area contributed by atoms with Crippen LogP contribution < -0.4 is 4.90 Å². The van der Waals surface area contributed by atoms with Crippen molar-refractivity contribution in [3.8, 4) is 0 Å². The maximum atomic E-state index is 12.8. The lowest BCUT2D eigenvalue weighted by Crippen LogP contribution is -2.48. The second-order valence-electron chi connectivity index (χ2n) is 5.75. The van der Waals surface area contributed by atoms with Crippen LogP contribution in [-0.4, -0.2) is 38.9 Å². The Balaban J connectivity index is 1.72. The van der Waals surface area contributed by atoms with Crippen molar-refractivity contribution in [2.75, 3.05) is 31.1 Å². The SMILES string of the molecule is O=S(=O)(c1ccccc1)N1CCN(c2cccc(C(F)(F)F)c2)CC1. The lowest BCUT2D eigenvalue weighted by atomic mass is 10.1. The average molecular weight is 370 g/mol. The molecule has 0 bridgehead atoms. The van der Waals surface area contributed by atoms with Crippen molar-refractivity contribution in [2.24, 2.45) is 0 Å². The van der Waals surface area contributed by atoms with E-state index in [-0.39, 0.29) is 18.0 Å². The third-order valence-corrected chi connectivity index (χ3v) is 6.07. The summed E-state index contributed by atoms with van der Waals surface area (Å²) in [5.74, 6) is 0. The van der Waals surface area contributed by atoms with Crippen LogP contribution in [0.2, 0.25) is 0 Å². The predicted octanol–water partition coefficient (Wildman–Crippen LogP) is 3.22. The maximum absolute atomic E-state index is 12.8. The number of hydrogen-bond acceptors (Lipinski definition) is 3. The number of halogens is 3. The fourth-order valence-electron chi connectivity index (χ4n) is 2.81. The van der Waals surface area contributed by atoms with Crippen LogP contribution in [0.1, 0.15) is 5.56 Å². The van der Waals surface area contributed by atoms with Crippen LogP contribution >= 0.6 is 0 Å². The Kier molecular flexibility index (Phi) is 4.75. The van der Waals surface area contributed by atoms with E-state index < -0.39 is 21.8 Å². The van der Waals surface area contributed by atoms with Crippen molar-refractivity contribution in [2.45, 2.75) is 11.1 Å². The Bertz CT molecular complexity index is 830. The zero-order valence-corrected chi connectivity index (χ0v) is 14.1. The molecule has 1 saturated heterocycles. The quantitative estimate of drug-likeness (QED) is 0.833. The Morgan fingerprint density at radius 2 is 1.48 bits per heavy atom.